The van der Waals surface area contributed by atoms with Crippen LogP contribution in [0, 0.1) is 5.92 Å². The maximum absolute atomic E-state index is 13.1. The number of aliphatic hydroxyl groups excluding tert-OH is 1. The summed E-state index contributed by atoms with van der Waals surface area (Å²) in [4.78, 5) is 28.5. The third-order valence-corrected chi connectivity index (χ3v) is 7.14. The van der Waals surface area contributed by atoms with E-state index in [-0.39, 0.29) is 25.3 Å². The lowest BCUT2D eigenvalue weighted by molar-refractivity contribution is 0.0877. The van der Waals surface area contributed by atoms with Gasteiger partial charge in [0.2, 0.25) is 0 Å². The van der Waals surface area contributed by atoms with Crippen LogP contribution in [-0.2, 0) is 11.8 Å². The molecular weight excluding hydrogens is 452 g/mol. The Hall–Kier alpha value is -3.34. The second-order valence-electron chi connectivity index (χ2n) is 8.41. The van der Waals surface area contributed by atoms with Gasteiger partial charge < -0.3 is 25.0 Å². The average Bonchev–Trinajstić information content (AvgIpc) is 3.43. The Labute approximate surface area is 200 Å². The van der Waals surface area contributed by atoms with Crippen LogP contribution in [-0.4, -0.2) is 57.0 Å². The zero-order valence-electron chi connectivity index (χ0n) is 19.0. The number of rotatable bonds is 8. The van der Waals surface area contributed by atoms with Gasteiger partial charge in [0.1, 0.15) is 22.3 Å². The van der Waals surface area contributed by atoms with Crippen LogP contribution >= 0.6 is 11.3 Å². The number of hydrogen-bond donors (Lipinski definition) is 3. The van der Waals surface area contributed by atoms with E-state index in [2.05, 4.69) is 15.6 Å². The van der Waals surface area contributed by atoms with Crippen LogP contribution in [0.5, 0.6) is 0 Å². The van der Waals surface area contributed by atoms with Gasteiger partial charge >= 0.3 is 0 Å². The molecule has 1 aliphatic rings. The van der Waals surface area contributed by atoms with Crippen molar-refractivity contribution in [2.45, 2.75) is 18.9 Å². The first kappa shape index (κ1) is 22.5. The molecule has 5 rings (SSSR count). The second-order valence-corrected chi connectivity index (χ2v) is 9.41. The molecule has 10 heteroatoms. The number of carbonyl (C=O) groups is 1. The van der Waals surface area contributed by atoms with Crippen molar-refractivity contribution < 1.29 is 14.6 Å². The van der Waals surface area contributed by atoms with Gasteiger partial charge in [-0.1, -0.05) is 30.3 Å². The first-order valence-electron chi connectivity index (χ1n) is 11.1. The van der Waals surface area contributed by atoms with Crippen molar-refractivity contribution in [2.75, 3.05) is 25.8 Å². The number of aliphatic hydroxyl groups is 1. The van der Waals surface area contributed by atoms with Crippen molar-refractivity contribution in [3.63, 3.8) is 0 Å². The number of fused-ring (bicyclic) bond motifs is 1. The van der Waals surface area contributed by atoms with E-state index in [4.69, 9.17) is 14.7 Å². The number of anilines is 1. The SMILES string of the molecule is COCNC(=O)c1sc2nc(-c3nccn3C)nc(NC3CC(CO)C3)c2c1-c1ccccc1. The van der Waals surface area contributed by atoms with Crippen LogP contribution in [0.4, 0.5) is 5.82 Å². The van der Waals surface area contributed by atoms with Crippen molar-refractivity contribution >= 4 is 33.3 Å². The number of aromatic nitrogens is 4. The fraction of sp³-hybridized carbons (Fsp3) is 0.333. The summed E-state index contributed by atoms with van der Waals surface area (Å²) in [6.45, 7) is 0.300. The summed E-state index contributed by atoms with van der Waals surface area (Å²) in [5.74, 6) is 1.88. The summed E-state index contributed by atoms with van der Waals surface area (Å²) in [7, 11) is 3.43. The molecule has 1 amide bonds. The first-order valence-corrected chi connectivity index (χ1v) is 11.9. The molecule has 0 atom stereocenters. The van der Waals surface area contributed by atoms with E-state index in [0.29, 0.717) is 33.1 Å². The highest BCUT2D eigenvalue weighted by atomic mass is 32.1. The third kappa shape index (κ3) is 4.15. The van der Waals surface area contributed by atoms with Crippen molar-refractivity contribution in [1.29, 1.82) is 0 Å². The second kappa shape index (κ2) is 9.49. The number of nitrogens with one attached hydrogen (secondary N) is 2. The molecule has 176 valence electrons. The van der Waals surface area contributed by atoms with Gasteiger partial charge in [-0.2, -0.15) is 0 Å². The standard InChI is InChI=1S/C24H26N6O3S/c1-30-9-8-25-22(30)21-28-20(27-16-10-14(11-16)12-31)18-17(15-6-4-3-5-7-15)19(34-24(18)29-21)23(32)26-13-33-2/h3-9,14,16,31H,10-13H2,1-2H3,(H,26,32)(H,27,28,29). The summed E-state index contributed by atoms with van der Waals surface area (Å²) in [6, 6.07) is 10.00. The summed E-state index contributed by atoms with van der Waals surface area (Å²) in [5.41, 5.74) is 1.70. The zero-order valence-corrected chi connectivity index (χ0v) is 19.8. The van der Waals surface area contributed by atoms with Crippen molar-refractivity contribution in [3.8, 4) is 22.8 Å². The molecule has 0 spiro atoms. The molecule has 0 radical (unpaired) electrons. The van der Waals surface area contributed by atoms with Crippen LogP contribution < -0.4 is 10.6 Å². The zero-order chi connectivity index (χ0) is 23.7. The van der Waals surface area contributed by atoms with Gasteiger partial charge in [0, 0.05) is 44.8 Å². The van der Waals surface area contributed by atoms with Crippen molar-refractivity contribution in [1.82, 2.24) is 24.8 Å². The molecule has 0 unspecified atom stereocenters. The monoisotopic (exact) mass is 478 g/mol. The van der Waals surface area contributed by atoms with Gasteiger partial charge in [-0.25, -0.2) is 15.0 Å². The third-order valence-electron chi connectivity index (χ3n) is 6.05. The number of benzene rings is 1. The van der Waals surface area contributed by atoms with E-state index >= 15 is 0 Å². The molecule has 0 aliphatic heterocycles. The molecule has 3 aromatic heterocycles. The van der Waals surface area contributed by atoms with Gasteiger partial charge in [-0.05, 0) is 24.3 Å². The molecule has 0 bridgehead atoms. The molecule has 3 N–H and O–H groups in total. The minimum atomic E-state index is -0.225. The number of methoxy groups -OCH3 is 1. The Morgan fingerprint density at radius 2 is 2.06 bits per heavy atom. The lowest BCUT2D eigenvalue weighted by Gasteiger charge is -2.35. The lowest BCUT2D eigenvalue weighted by Crippen LogP contribution is -2.37. The van der Waals surface area contributed by atoms with E-state index in [1.165, 1.54) is 18.4 Å². The van der Waals surface area contributed by atoms with Crippen LogP contribution in [0.25, 0.3) is 33.0 Å². The van der Waals surface area contributed by atoms with Gasteiger partial charge in [0.25, 0.3) is 5.91 Å². The number of imidazole rings is 1. The number of nitrogens with zero attached hydrogens (tertiary/aromatic N) is 4. The Balaban J connectivity index is 1.70. The summed E-state index contributed by atoms with van der Waals surface area (Å²) < 4.78 is 6.92. The van der Waals surface area contributed by atoms with Crippen LogP contribution in [0.15, 0.2) is 42.7 Å². The Kier molecular flexibility index (Phi) is 6.27. The Morgan fingerprint density at radius 1 is 1.26 bits per heavy atom. The van der Waals surface area contributed by atoms with E-state index in [9.17, 15) is 9.90 Å². The van der Waals surface area contributed by atoms with Crippen LogP contribution in [0.2, 0.25) is 0 Å². The molecule has 4 aromatic rings. The Morgan fingerprint density at radius 3 is 2.74 bits per heavy atom. The van der Waals surface area contributed by atoms with Gasteiger partial charge in [-0.15, -0.1) is 11.3 Å². The summed E-state index contributed by atoms with van der Waals surface area (Å²) >= 11 is 1.33. The number of thiophene rings is 1. The van der Waals surface area contributed by atoms with E-state index in [1.807, 2.05) is 48.1 Å². The highest BCUT2D eigenvalue weighted by Crippen LogP contribution is 2.43. The molecule has 1 saturated carbocycles. The molecular formula is C24H26N6O3S. The van der Waals surface area contributed by atoms with E-state index in [1.54, 1.807) is 6.20 Å². The average molecular weight is 479 g/mol. The minimum Gasteiger partial charge on any atom is -0.396 e. The molecule has 1 fully saturated rings. The number of hydrogen-bond acceptors (Lipinski definition) is 8. The maximum Gasteiger partial charge on any atom is 0.263 e. The first-order chi connectivity index (χ1) is 16.6. The quantitative estimate of drug-likeness (QED) is 0.333. The molecule has 1 aliphatic carbocycles. The summed E-state index contributed by atoms with van der Waals surface area (Å²) in [6.07, 6.45) is 5.29. The number of ether oxygens (including phenoxy) is 1. The molecule has 1 aromatic carbocycles. The van der Waals surface area contributed by atoms with Gasteiger partial charge in [0.05, 0.1) is 5.39 Å². The van der Waals surface area contributed by atoms with Crippen molar-refractivity contribution in [2.24, 2.45) is 13.0 Å². The van der Waals surface area contributed by atoms with E-state index in [0.717, 1.165) is 29.4 Å². The Bertz CT molecular complexity index is 1310. The molecule has 3 heterocycles. The van der Waals surface area contributed by atoms with Gasteiger partial charge in [-0.3, -0.25) is 4.79 Å². The predicted octanol–water partition coefficient (Wildman–Crippen LogP) is 3.28. The largest absolute Gasteiger partial charge is 0.396 e. The number of aryl methyl sites for hydroxylation is 1. The van der Waals surface area contributed by atoms with Crippen molar-refractivity contribution in [3.05, 3.63) is 47.6 Å². The predicted molar refractivity (Wildman–Crippen MR) is 132 cm³/mol. The van der Waals surface area contributed by atoms with E-state index < -0.39 is 0 Å². The molecule has 34 heavy (non-hydrogen) atoms. The minimum absolute atomic E-state index is 0.112. The van der Waals surface area contributed by atoms with Crippen LogP contribution in [0.3, 0.4) is 0 Å². The molecule has 9 nitrogen and oxygen atoms in total. The number of amides is 1. The van der Waals surface area contributed by atoms with Gasteiger partial charge in [0.15, 0.2) is 11.6 Å². The maximum atomic E-state index is 13.1. The fourth-order valence-electron chi connectivity index (χ4n) is 4.24. The summed E-state index contributed by atoms with van der Waals surface area (Å²) in [5, 5.41) is 16.6. The highest BCUT2D eigenvalue weighted by molar-refractivity contribution is 7.21. The smallest absolute Gasteiger partial charge is 0.263 e. The van der Waals surface area contributed by atoms with Crippen LogP contribution in [0.1, 0.15) is 22.5 Å². The number of carbonyl (C=O) groups excluding carboxylic acids is 1. The lowest BCUT2D eigenvalue weighted by atomic mass is 9.81. The molecule has 0 saturated heterocycles. The highest BCUT2D eigenvalue weighted by Gasteiger charge is 2.31. The fourth-order valence-corrected chi connectivity index (χ4v) is 5.35. The normalized spacial score (nSPS) is 17.5. The topological polar surface area (TPSA) is 114 Å².